The molecule has 2 heterocycles. The predicted octanol–water partition coefficient (Wildman–Crippen LogP) is 9.96. The highest BCUT2D eigenvalue weighted by atomic mass is 31.2. The molecule has 564 valence electrons. The summed E-state index contributed by atoms with van der Waals surface area (Å²) in [4.78, 5) is 50.9. The lowest BCUT2D eigenvalue weighted by molar-refractivity contribution is -0.360. The van der Waals surface area contributed by atoms with E-state index in [0.717, 1.165) is 83.5 Å². The van der Waals surface area contributed by atoms with Gasteiger partial charge in [0.15, 0.2) is 18.7 Å². The summed E-state index contributed by atoms with van der Waals surface area (Å²) in [6.45, 7) is 3.42. The van der Waals surface area contributed by atoms with E-state index in [2.05, 4.69) is 32.9 Å². The Morgan fingerprint density at radius 2 is 0.729 bits per heavy atom. The van der Waals surface area contributed by atoms with Gasteiger partial charge in [0, 0.05) is 19.3 Å². The van der Waals surface area contributed by atoms with Crippen molar-refractivity contribution in [3.8, 4) is 0 Å². The molecule has 0 aromatic heterocycles. The van der Waals surface area contributed by atoms with Crippen molar-refractivity contribution < 1.29 is 117 Å². The van der Waals surface area contributed by atoms with Crippen LogP contribution in [-0.4, -0.2) is 204 Å². The Morgan fingerprint density at radius 1 is 0.396 bits per heavy atom. The number of aliphatic hydroxyl groups is 10. The van der Waals surface area contributed by atoms with Crippen LogP contribution >= 0.6 is 7.82 Å². The van der Waals surface area contributed by atoms with E-state index in [9.17, 15) is 74.9 Å². The maximum absolute atomic E-state index is 14.3. The molecule has 11 N–H and O–H groups in total. The van der Waals surface area contributed by atoms with Crippen LogP contribution < -0.4 is 0 Å². The van der Waals surface area contributed by atoms with Crippen molar-refractivity contribution in [1.29, 1.82) is 0 Å². The van der Waals surface area contributed by atoms with Crippen LogP contribution in [0.2, 0.25) is 0 Å². The average Bonchev–Trinajstić information content (AvgIpc) is 0.765. The second-order valence-electron chi connectivity index (χ2n) is 27.0. The van der Waals surface area contributed by atoms with E-state index >= 15 is 0 Å². The highest BCUT2D eigenvalue weighted by Crippen LogP contribution is 2.49. The fourth-order valence-corrected chi connectivity index (χ4v) is 13.4. The lowest BCUT2D eigenvalue weighted by atomic mass is 9.84. The minimum Gasteiger partial charge on any atom is -0.463 e. The number of hydrogen-bond donors (Lipinski definition) is 11. The summed E-state index contributed by atoms with van der Waals surface area (Å²) in [5.41, 5.74) is 0. The third kappa shape index (κ3) is 36.5. The van der Waals surface area contributed by atoms with Crippen molar-refractivity contribution >= 4 is 25.7 Å². The molecule has 2 saturated heterocycles. The first-order chi connectivity index (χ1) is 46.3. The SMILES string of the molecule is CCCCCCCC/C=C\CCCCCC(=O)OC(COC(=O)CCCCCCCCCCCCCCCCCCC)COP(=O)(O)OC1C(OC2OC(CO)C(O)C(O)C2O)C(O)C(O)C(O)C1OC1OC(COC(=O)CCCCCCCCCCCCC)C(O)C(O)C1O. The van der Waals surface area contributed by atoms with E-state index in [1.54, 1.807) is 0 Å². The molecule has 0 amide bonds. The maximum Gasteiger partial charge on any atom is 0.472 e. The number of aliphatic hydroxyl groups excluding tert-OH is 10. The first-order valence-electron chi connectivity index (χ1n) is 37.5. The number of phosphoric acid groups is 1. The van der Waals surface area contributed by atoms with E-state index in [4.69, 9.17) is 42.2 Å². The zero-order valence-corrected chi connectivity index (χ0v) is 59.6. The Kier molecular flexibility index (Phi) is 49.0. The minimum absolute atomic E-state index is 0.0310. The molecular formula is C71H131O24P. The van der Waals surface area contributed by atoms with Gasteiger partial charge in [0.2, 0.25) is 0 Å². The second-order valence-corrected chi connectivity index (χ2v) is 28.4. The van der Waals surface area contributed by atoms with Gasteiger partial charge in [0.1, 0.15) is 98.7 Å². The van der Waals surface area contributed by atoms with Crippen molar-refractivity contribution in [2.75, 3.05) is 26.4 Å². The predicted molar refractivity (Wildman–Crippen MR) is 361 cm³/mol. The van der Waals surface area contributed by atoms with Gasteiger partial charge in [-0.25, -0.2) is 4.57 Å². The Bertz CT molecular complexity index is 2040. The Balaban J connectivity index is 1.74. The highest BCUT2D eigenvalue weighted by molar-refractivity contribution is 7.47. The van der Waals surface area contributed by atoms with Gasteiger partial charge in [-0.2, -0.15) is 0 Å². The standard InChI is InChI=1S/C71H131O24P/c1-4-7-10-13-16-19-22-24-25-26-27-29-31-34-36-39-42-45-55(73)87-49-52(90-57(75)47-44-41-38-35-32-28-23-20-17-14-11-8-5-2)50-89-96(85,86)95-69-67(93-70-65(83)60(78)58(76)53(48-72)91-70)63(81)62(80)64(82)68(69)94-71-66(84)61(79)59(77)54(92-71)51-88-56(74)46-43-40-37-33-30-21-18-15-12-9-6-3/h28,32,52-54,58-72,76-84H,4-27,29-31,33-51H2,1-3H3,(H,85,86)/b32-28-. The monoisotopic (exact) mass is 1400 g/mol. The lowest BCUT2D eigenvalue weighted by Crippen LogP contribution is -2.69. The average molecular weight is 1400 g/mol. The largest absolute Gasteiger partial charge is 0.472 e. The molecule has 0 aromatic carbocycles. The molecule has 3 rings (SSSR count). The molecule has 0 radical (unpaired) electrons. The topological polar surface area (TPSA) is 374 Å². The summed E-state index contributed by atoms with van der Waals surface area (Å²) in [6.07, 6.45) is 11.5. The van der Waals surface area contributed by atoms with Crippen LogP contribution in [0.5, 0.6) is 0 Å². The number of unbranched alkanes of at least 4 members (excludes halogenated alkanes) is 35. The molecule has 2 aliphatic heterocycles. The Morgan fingerprint density at radius 3 is 1.14 bits per heavy atom. The molecule has 18 unspecified atom stereocenters. The fraction of sp³-hybridized carbons (Fsp3) is 0.930. The Labute approximate surface area is 573 Å². The zero-order chi connectivity index (χ0) is 70.4. The molecule has 0 bridgehead atoms. The van der Waals surface area contributed by atoms with Crippen LogP contribution in [0.25, 0.3) is 0 Å². The van der Waals surface area contributed by atoms with E-state index in [1.165, 1.54) is 141 Å². The third-order valence-corrected chi connectivity index (χ3v) is 19.5. The summed E-state index contributed by atoms with van der Waals surface area (Å²) in [5.74, 6) is -2.00. The van der Waals surface area contributed by atoms with Crippen LogP contribution in [0.15, 0.2) is 12.2 Å². The molecular weight excluding hydrogens is 1270 g/mol. The number of rotatable bonds is 58. The van der Waals surface area contributed by atoms with Gasteiger partial charge < -0.3 is 89.1 Å². The Hall–Kier alpha value is -2.30. The normalized spacial score (nSPS) is 28.0. The minimum atomic E-state index is -5.70. The first kappa shape index (κ1) is 87.9. The number of phosphoric ester groups is 1. The molecule has 24 nitrogen and oxygen atoms in total. The molecule has 1 saturated carbocycles. The molecule has 0 spiro atoms. The van der Waals surface area contributed by atoms with Crippen LogP contribution in [-0.2, 0) is 61.2 Å². The van der Waals surface area contributed by atoms with E-state index < -0.39 is 156 Å². The van der Waals surface area contributed by atoms with Crippen molar-refractivity contribution in [1.82, 2.24) is 0 Å². The number of hydrogen-bond acceptors (Lipinski definition) is 23. The van der Waals surface area contributed by atoms with Gasteiger partial charge in [0.25, 0.3) is 0 Å². The van der Waals surface area contributed by atoms with Crippen LogP contribution in [0, 0.1) is 0 Å². The number of esters is 3. The highest BCUT2D eigenvalue weighted by Gasteiger charge is 2.58. The van der Waals surface area contributed by atoms with Crippen molar-refractivity contribution in [3.05, 3.63) is 12.2 Å². The van der Waals surface area contributed by atoms with Gasteiger partial charge in [-0.1, -0.05) is 238 Å². The molecule has 1 aliphatic carbocycles. The summed E-state index contributed by atoms with van der Waals surface area (Å²) in [5, 5.41) is 110. The van der Waals surface area contributed by atoms with Gasteiger partial charge in [-0.05, 0) is 44.9 Å². The number of ether oxygens (including phenoxy) is 7. The molecule has 3 fully saturated rings. The van der Waals surface area contributed by atoms with Crippen molar-refractivity contribution in [2.24, 2.45) is 0 Å². The molecule has 25 heteroatoms. The third-order valence-electron chi connectivity index (χ3n) is 18.5. The van der Waals surface area contributed by atoms with Crippen molar-refractivity contribution in [2.45, 2.75) is 395 Å². The second kappa shape index (κ2) is 53.5. The van der Waals surface area contributed by atoms with E-state index in [-0.39, 0.29) is 19.3 Å². The zero-order valence-electron chi connectivity index (χ0n) is 58.7. The maximum atomic E-state index is 14.3. The van der Waals surface area contributed by atoms with Crippen molar-refractivity contribution in [3.63, 3.8) is 0 Å². The summed E-state index contributed by atoms with van der Waals surface area (Å²) < 4.78 is 64.9. The van der Waals surface area contributed by atoms with Crippen LogP contribution in [0.1, 0.15) is 290 Å². The number of allylic oxidation sites excluding steroid dienone is 2. The smallest absolute Gasteiger partial charge is 0.463 e. The van der Waals surface area contributed by atoms with Gasteiger partial charge in [-0.3, -0.25) is 23.4 Å². The van der Waals surface area contributed by atoms with Gasteiger partial charge in [0.05, 0.1) is 13.2 Å². The molecule has 18 atom stereocenters. The summed E-state index contributed by atoms with van der Waals surface area (Å²) in [7, 11) is -5.70. The van der Waals surface area contributed by atoms with E-state index in [0.29, 0.717) is 25.7 Å². The quantitative estimate of drug-likeness (QED) is 0.00886. The summed E-state index contributed by atoms with van der Waals surface area (Å²) in [6, 6.07) is 0. The van der Waals surface area contributed by atoms with E-state index in [1.807, 2.05) is 0 Å². The van der Waals surface area contributed by atoms with Crippen LogP contribution in [0.3, 0.4) is 0 Å². The van der Waals surface area contributed by atoms with Gasteiger partial charge >= 0.3 is 25.7 Å². The van der Waals surface area contributed by atoms with Gasteiger partial charge in [-0.15, -0.1) is 0 Å². The van der Waals surface area contributed by atoms with Crippen LogP contribution in [0.4, 0.5) is 0 Å². The summed E-state index contributed by atoms with van der Waals surface area (Å²) >= 11 is 0. The molecule has 0 aromatic rings. The molecule has 96 heavy (non-hydrogen) atoms. The lowest BCUT2D eigenvalue weighted by Gasteiger charge is -2.49. The first-order valence-corrected chi connectivity index (χ1v) is 39.0. The fourth-order valence-electron chi connectivity index (χ4n) is 12.4. The number of carbonyl (C=O) groups excluding carboxylic acids is 3. The number of carbonyl (C=O) groups is 3. The molecule has 3 aliphatic rings.